The molecule has 0 unspecified atom stereocenters. The van der Waals surface area contributed by atoms with E-state index in [1.807, 2.05) is 7.05 Å². The van der Waals surface area contributed by atoms with E-state index in [0.717, 1.165) is 11.3 Å². The molecule has 0 saturated heterocycles. The van der Waals surface area contributed by atoms with E-state index in [0.29, 0.717) is 0 Å². The first-order valence-electron chi connectivity index (χ1n) is 3.16. The summed E-state index contributed by atoms with van der Waals surface area (Å²) in [7, 11) is 2.03. The molecule has 0 fully saturated rings. The first-order valence-corrected chi connectivity index (χ1v) is 4.04. The monoisotopic (exact) mass is 152 g/mol. The van der Waals surface area contributed by atoms with Crippen LogP contribution in [-0.4, -0.2) is 18.6 Å². The van der Waals surface area contributed by atoms with Gasteiger partial charge in [0.2, 0.25) is 0 Å². The highest BCUT2D eigenvalue weighted by Gasteiger charge is 1.97. The first kappa shape index (κ1) is 5.92. The normalized spacial score (nSPS) is 15.5. The van der Waals surface area contributed by atoms with Crippen LogP contribution in [0.1, 0.15) is 0 Å². The van der Waals surface area contributed by atoms with E-state index in [9.17, 15) is 0 Å². The van der Waals surface area contributed by atoms with Gasteiger partial charge in [0.15, 0.2) is 0 Å². The van der Waals surface area contributed by atoms with Crippen LogP contribution in [0.15, 0.2) is 16.4 Å². The quantitative estimate of drug-likeness (QED) is 0.511. The molecule has 1 aromatic heterocycles. The smallest absolute Gasteiger partial charge is 0.121 e. The molecule has 0 N–H and O–H groups in total. The van der Waals surface area contributed by atoms with Gasteiger partial charge in [-0.1, -0.05) is 0 Å². The second-order valence-corrected chi connectivity index (χ2v) is 3.26. The van der Waals surface area contributed by atoms with Gasteiger partial charge < -0.3 is 4.90 Å². The zero-order valence-electron chi connectivity index (χ0n) is 5.74. The highest BCUT2D eigenvalue weighted by atomic mass is 32.1. The van der Waals surface area contributed by atoms with Gasteiger partial charge in [0, 0.05) is 18.5 Å². The molecule has 0 saturated carbocycles. The average Bonchev–Trinajstić information content (AvgIpc) is 2.33. The highest BCUT2D eigenvalue weighted by Crippen LogP contribution is 1.89. The lowest BCUT2D eigenvalue weighted by Gasteiger charge is -2.11. The molecule has 0 bridgehead atoms. The van der Waals surface area contributed by atoms with Gasteiger partial charge in [0.25, 0.3) is 0 Å². The summed E-state index contributed by atoms with van der Waals surface area (Å²) in [6.07, 6.45) is 2.12. The minimum Gasteiger partial charge on any atom is -0.361 e. The average molecular weight is 152 g/mol. The van der Waals surface area contributed by atoms with E-state index >= 15 is 0 Å². The third-order valence-corrected chi connectivity index (χ3v) is 2.33. The Balaban J connectivity index is 2.73. The molecular formula is C7H8N2S. The van der Waals surface area contributed by atoms with E-state index in [-0.39, 0.29) is 0 Å². The topological polar surface area (TPSA) is 15.6 Å². The van der Waals surface area contributed by atoms with Crippen molar-refractivity contribution in [3.8, 4) is 0 Å². The molecule has 1 aliphatic rings. The van der Waals surface area contributed by atoms with Crippen LogP contribution in [0.25, 0.3) is 6.20 Å². The van der Waals surface area contributed by atoms with Gasteiger partial charge >= 0.3 is 0 Å². The highest BCUT2D eigenvalue weighted by molar-refractivity contribution is 7.07. The molecule has 52 valence electrons. The van der Waals surface area contributed by atoms with Crippen LogP contribution in [0.4, 0.5) is 0 Å². The van der Waals surface area contributed by atoms with Crippen molar-refractivity contribution in [2.75, 3.05) is 13.7 Å². The van der Waals surface area contributed by atoms with Crippen LogP contribution in [-0.2, 0) is 0 Å². The lowest BCUT2D eigenvalue weighted by atomic mass is 10.4. The van der Waals surface area contributed by atoms with Crippen LogP contribution in [0, 0.1) is 0 Å². The van der Waals surface area contributed by atoms with Crippen molar-refractivity contribution >= 4 is 17.5 Å². The number of thiophene rings is 1. The largest absolute Gasteiger partial charge is 0.361 e. The molecule has 0 amide bonds. The standard InChI is InChI=1S/C7H8N2S/c1-9-4-6-2-3-10-7(6)8-5-9/h2-4H,5H2,1H3. The summed E-state index contributed by atoms with van der Waals surface area (Å²) >= 11 is 1.70. The zero-order valence-corrected chi connectivity index (χ0v) is 6.56. The minimum absolute atomic E-state index is 0.799. The van der Waals surface area contributed by atoms with Gasteiger partial charge in [-0.05, 0) is 11.4 Å². The SMILES string of the molecule is CN1C=c2ccsc2=NC1. The van der Waals surface area contributed by atoms with E-state index in [2.05, 4.69) is 27.5 Å². The molecule has 10 heavy (non-hydrogen) atoms. The molecule has 1 aliphatic heterocycles. The Morgan fingerprint density at radius 1 is 1.70 bits per heavy atom. The Kier molecular flexibility index (Phi) is 1.24. The molecule has 2 rings (SSSR count). The van der Waals surface area contributed by atoms with E-state index in [1.165, 1.54) is 5.22 Å². The van der Waals surface area contributed by atoms with Crippen molar-refractivity contribution in [1.82, 2.24) is 4.90 Å². The van der Waals surface area contributed by atoms with Crippen molar-refractivity contribution < 1.29 is 0 Å². The zero-order chi connectivity index (χ0) is 6.97. The molecule has 0 atom stereocenters. The molecule has 0 aromatic carbocycles. The second-order valence-electron chi connectivity index (χ2n) is 2.37. The third kappa shape index (κ3) is 0.827. The van der Waals surface area contributed by atoms with Crippen molar-refractivity contribution in [1.29, 1.82) is 0 Å². The van der Waals surface area contributed by atoms with Crippen LogP contribution in [0.2, 0.25) is 0 Å². The van der Waals surface area contributed by atoms with Crippen molar-refractivity contribution in [3.05, 3.63) is 21.3 Å². The Morgan fingerprint density at radius 2 is 2.60 bits per heavy atom. The Labute approximate surface area is 63.1 Å². The predicted molar refractivity (Wildman–Crippen MR) is 42.2 cm³/mol. The molecular weight excluding hydrogens is 144 g/mol. The Morgan fingerprint density at radius 3 is 3.50 bits per heavy atom. The molecule has 1 aromatic rings. The molecule has 2 nitrogen and oxygen atoms in total. The Bertz CT molecular complexity index is 339. The van der Waals surface area contributed by atoms with Gasteiger partial charge in [-0.15, -0.1) is 11.3 Å². The van der Waals surface area contributed by atoms with Gasteiger partial charge in [0.1, 0.15) is 11.3 Å². The summed E-state index contributed by atoms with van der Waals surface area (Å²) in [6.45, 7) is 0.799. The number of nitrogens with zero attached hydrogens (tertiary/aromatic N) is 2. The first-order chi connectivity index (χ1) is 4.86. The maximum absolute atomic E-state index is 4.35. The number of hydrogen-bond donors (Lipinski definition) is 0. The summed E-state index contributed by atoms with van der Waals surface area (Å²) in [5.74, 6) is 0. The van der Waals surface area contributed by atoms with Gasteiger partial charge in [0.05, 0.1) is 0 Å². The number of rotatable bonds is 0. The summed E-state index contributed by atoms with van der Waals surface area (Å²) < 4.78 is 1.16. The predicted octanol–water partition coefficient (Wildman–Crippen LogP) is 0.00860. The van der Waals surface area contributed by atoms with Crippen molar-refractivity contribution in [2.24, 2.45) is 4.99 Å². The van der Waals surface area contributed by atoms with Gasteiger partial charge in [-0.2, -0.15) is 0 Å². The Hall–Kier alpha value is -0.830. The summed E-state index contributed by atoms with van der Waals surface area (Å²) in [4.78, 5) is 6.43. The molecule has 0 radical (unpaired) electrons. The molecule has 0 aliphatic carbocycles. The minimum atomic E-state index is 0.799. The van der Waals surface area contributed by atoms with Crippen LogP contribution < -0.4 is 9.89 Å². The number of hydrogen-bond acceptors (Lipinski definition) is 3. The van der Waals surface area contributed by atoms with E-state index in [1.54, 1.807) is 11.3 Å². The third-order valence-electron chi connectivity index (χ3n) is 1.47. The van der Waals surface area contributed by atoms with Crippen LogP contribution in [0.5, 0.6) is 0 Å². The molecule has 3 heteroatoms. The fourth-order valence-electron chi connectivity index (χ4n) is 0.992. The lowest BCUT2D eigenvalue weighted by Crippen LogP contribution is -2.30. The van der Waals surface area contributed by atoms with E-state index < -0.39 is 0 Å². The second kappa shape index (κ2) is 2.09. The van der Waals surface area contributed by atoms with E-state index in [4.69, 9.17) is 0 Å². The summed E-state index contributed by atoms with van der Waals surface area (Å²) in [5, 5.41) is 3.32. The number of fused-ring (bicyclic) bond motifs is 1. The van der Waals surface area contributed by atoms with Crippen molar-refractivity contribution in [2.45, 2.75) is 0 Å². The fraction of sp³-hybridized carbons (Fsp3) is 0.286. The van der Waals surface area contributed by atoms with Crippen molar-refractivity contribution in [3.63, 3.8) is 0 Å². The lowest BCUT2D eigenvalue weighted by molar-refractivity contribution is 0.501. The van der Waals surface area contributed by atoms with Gasteiger partial charge in [-0.25, -0.2) is 0 Å². The molecule has 0 spiro atoms. The maximum atomic E-state index is 4.35. The fourth-order valence-corrected chi connectivity index (χ4v) is 1.72. The van der Waals surface area contributed by atoms with Crippen LogP contribution >= 0.6 is 11.3 Å². The van der Waals surface area contributed by atoms with Crippen LogP contribution in [0.3, 0.4) is 0 Å². The summed E-state index contributed by atoms with van der Waals surface area (Å²) in [5.41, 5.74) is 0. The maximum Gasteiger partial charge on any atom is 0.121 e. The van der Waals surface area contributed by atoms with Gasteiger partial charge in [-0.3, -0.25) is 4.99 Å². The summed E-state index contributed by atoms with van der Waals surface area (Å²) in [6, 6.07) is 2.10. The molecule has 2 heterocycles.